The van der Waals surface area contributed by atoms with Gasteiger partial charge in [0.15, 0.2) is 0 Å². The Bertz CT molecular complexity index is 737. The van der Waals surface area contributed by atoms with Crippen LogP contribution in [0.3, 0.4) is 0 Å². The number of rotatable bonds is 4. The predicted octanol–water partition coefficient (Wildman–Crippen LogP) is 1.80. The van der Waals surface area contributed by atoms with Gasteiger partial charge in [-0.2, -0.15) is 13.2 Å². The second-order valence-corrected chi connectivity index (χ2v) is 7.86. The summed E-state index contributed by atoms with van der Waals surface area (Å²) in [5.41, 5.74) is -1.33. The first kappa shape index (κ1) is 19.7. The van der Waals surface area contributed by atoms with Crippen LogP contribution < -0.4 is 0 Å². The molecule has 0 amide bonds. The Labute approximate surface area is 143 Å². The molecule has 1 heterocycles. The summed E-state index contributed by atoms with van der Waals surface area (Å²) in [6, 6.07) is 3.09. The van der Waals surface area contributed by atoms with Crippen molar-refractivity contribution in [2.45, 2.75) is 18.6 Å². The minimum atomic E-state index is -4.67. The van der Waals surface area contributed by atoms with Crippen LogP contribution in [-0.2, 0) is 21.0 Å². The summed E-state index contributed by atoms with van der Waals surface area (Å²) in [6.07, 6.45) is -3.28. The van der Waals surface area contributed by atoms with E-state index in [-0.39, 0.29) is 31.7 Å². The number of hydrogen-bond acceptors (Lipinski definition) is 4. The number of nitrogens with zero attached hydrogens (tertiary/aromatic N) is 2. The lowest BCUT2D eigenvalue weighted by Gasteiger charge is -2.29. The molecular formula is C15H19F3N2O4S. The Morgan fingerprint density at radius 2 is 1.80 bits per heavy atom. The first-order valence-electron chi connectivity index (χ1n) is 7.60. The first-order valence-corrected chi connectivity index (χ1v) is 9.44. The fourth-order valence-electron chi connectivity index (χ4n) is 2.98. The fraction of sp³-hybridized carbons (Fsp3) is 0.533. The molecular weight excluding hydrogens is 361 g/mol. The van der Waals surface area contributed by atoms with Crippen molar-refractivity contribution in [3.8, 4) is 0 Å². The molecule has 1 aromatic rings. The maximum absolute atomic E-state index is 13.2. The van der Waals surface area contributed by atoms with Crippen LogP contribution in [0.15, 0.2) is 24.3 Å². The van der Waals surface area contributed by atoms with Gasteiger partial charge in [0.25, 0.3) is 0 Å². The summed E-state index contributed by atoms with van der Waals surface area (Å²) in [5, 5.41) is 9.55. The molecule has 1 atom stereocenters. The van der Waals surface area contributed by atoms with E-state index in [4.69, 9.17) is 0 Å². The van der Waals surface area contributed by atoms with Crippen LogP contribution in [0.4, 0.5) is 13.2 Å². The topological polar surface area (TPSA) is 77.9 Å². The number of alkyl halides is 3. The van der Waals surface area contributed by atoms with Crippen molar-refractivity contribution in [2.24, 2.45) is 0 Å². The molecule has 1 N–H and O–H groups in total. The third kappa shape index (κ3) is 4.71. The molecule has 0 bridgehead atoms. The van der Waals surface area contributed by atoms with Crippen LogP contribution in [0, 0.1) is 0 Å². The third-order valence-corrected chi connectivity index (χ3v) is 5.42. The molecule has 0 aliphatic carbocycles. The van der Waals surface area contributed by atoms with Gasteiger partial charge in [0, 0.05) is 26.2 Å². The molecule has 1 unspecified atom stereocenters. The Hall–Kier alpha value is -1.65. The summed E-state index contributed by atoms with van der Waals surface area (Å²) < 4.78 is 64.2. The quantitative estimate of drug-likeness (QED) is 0.862. The summed E-state index contributed by atoms with van der Waals surface area (Å²) in [4.78, 5) is 13.1. The van der Waals surface area contributed by atoms with E-state index in [1.165, 1.54) is 21.3 Å². The molecule has 1 aliphatic rings. The Morgan fingerprint density at radius 3 is 2.36 bits per heavy atom. The van der Waals surface area contributed by atoms with Crippen LogP contribution >= 0.6 is 0 Å². The van der Waals surface area contributed by atoms with Gasteiger partial charge >= 0.3 is 12.1 Å². The highest BCUT2D eigenvalue weighted by molar-refractivity contribution is 7.88. The summed E-state index contributed by atoms with van der Waals surface area (Å²) in [5.74, 6) is -1.40. The standard InChI is InChI=1S/C15H19F3N2O4S/c1-25(23,24)20-8-4-7-19(9-10-20)13(14(21)22)11-5-2-3-6-12(11)15(16,17)18/h2-3,5-6,13H,4,7-10H2,1H3,(H,21,22). The molecule has 1 aromatic carbocycles. The van der Waals surface area contributed by atoms with Crippen molar-refractivity contribution in [1.82, 2.24) is 9.21 Å². The monoisotopic (exact) mass is 380 g/mol. The zero-order valence-corrected chi connectivity index (χ0v) is 14.3. The van der Waals surface area contributed by atoms with Crippen molar-refractivity contribution < 1.29 is 31.5 Å². The lowest BCUT2D eigenvalue weighted by Crippen LogP contribution is -2.39. The van der Waals surface area contributed by atoms with Crippen LogP contribution in [0.5, 0.6) is 0 Å². The Morgan fingerprint density at radius 1 is 1.16 bits per heavy atom. The van der Waals surface area contributed by atoms with Gasteiger partial charge in [0.2, 0.25) is 10.0 Å². The highest BCUT2D eigenvalue weighted by atomic mass is 32.2. The number of aliphatic carboxylic acids is 1. The highest BCUT2D eigenvalue weighted by Crippen LogP contribution is 2.36. The van der Waals surface area contributed by atoms with Crippen molar-refractivity contribution in [3.05, 3.63) is 35.4 Å². The largest absolute Gasteiger partial charge is 0.480 e. The van der Waals surface area contributed by atoms with Gasteiger partial charge in [-0.25, -0.2) is 12.7 Å². The molecule has 10 heteroatoms. The van der Waals surface area contributed by atoms with E-state index in [0.29, 0.717) is 6.42 Å². The van der Waals surface area contributed by atoms with E-state index in [1.54, 1.807) is 0 Å². The van der Waals surface area contributed by atoms with E-state index < -0.39 is 33.8 Å². The number of sulfonamides is 1. The second kappa shape index (κ2) is 7.30. The summed E-state index contributed by atoms with van der Waals surface area (Å²) in [6.45, 7) is 0.477. The number of carbonyl (C=O) groups is 1. The lowest BCUT2D eigenvalue weighted by atomic mass is 9.98. The molecule has 0 saturated carbocycles. The maximum atomic E-state index is 13.2. The van der Waals surface area contributed by atoms with E-state index in [9.17, 15) is 31.5 Å². The smallest absolute Gasteiger partial charge is 0.416 e. The molecule has 2 rings (SSSR count). The molecule has 0 spiro atoms. The molecule has 1 aliphatic heterocycles. The van der Waals surface area contributed by atoms with Crippen molar-refractivity contribution in [2.75, 3.05) is 32.4 Å². The number of hydrogen-bond donors (Lipinski definition) is 1. The van der Waals surface area contributed by atoms with E-state index >= 15 is 0 Å². The summed E-state index contributed by atoms with van der Waals surface area (Å²) >= 11 is 0. The minimum Gasteiger partial charge on any atom is -0.480 e. The number of carboxylic acid groups (broad SMARTS) is 1. The molecule has 0 radical (unpaired) electrons. The van der Waals surface area contributed by atoms with Crippen LogP contribution in [-0.4, -0.2) is 61.1 Å². The van der Waals surface area contributed by atoms with Crippen molar-refractivity contribution in [1.29, 1.82) is 0 Å². The van der Waals surface area contributed by atoms with Gasteiger partial charge in [0.05, 0.1) is 11.8 Å². The van der Waals surface area contributed by atoms with Gasteiger partial charge in [-0.3, -0.25) is 9.69 Å². The Balaban J connectivity index is 2.36. The first-order chi connectivity index (χ1) is 11.5. The minimum absolute atomic E-state index is 0.0379. The van der Waals surface area contributed by atoms with Crippen LogP contribution in [0.25, 0.3) is 0 Å². The van der Waals surface area contributed by atoms with Crippen LogP contribution in [0.2, 0.25) is 0 Å². The van der Waals surface area contributed by atoms with Gasteiger partial charge in [-0.05, 0) is 18.1 Å². The van der Waals surface area contributed by atoms with E-state index in [0.717, 1.165) is 18.4 Å². The molecule has 0 aromatic heterocycles. The van der Waals surface area contributed by atoms with E-state index in [2.05, 4.69) is 0 Å². The normalized spacial score (nSPS) is 19.4. The van der Waals surface area contributed by atoms with Gasteiger partial charge in [-0.1, -0.05) is 18.2 Å². The number of carboxylic acids is 1. The molecule has 1 fully saturated rings. The average Bonchev–Trinajstić information content (AvgIpc) is 2.72. The molecule has 140 valence electrons. The number of halogens is 3. The van der Waals surface area contributed by atoms with Gasteiger partial charge in [0.1, 0.15) is 6.04 Å². The van der Waals surface area contributed by atoms with E-state index in [1.807, 2.05) is 0 Å². The second-order valence-electron chi connectivity index (χ2n) is 5.88. The average molecular weight is 380 g/mol. The highest BCUT2D eigenvalue weighted by Gasteiger charge is 2.39. The molecule has 25 heavy (non-hydrogen) atoms. The zero-order chi connectivity index (χ0) is 18.8. The maximum Gasteiger partial charge on any atom is 0.416 e. The lowest BCUT2D eigenvalue weighted by molar-refractivity contribution is -0.145. The zero-order valence-electron chi connectivity index (χ0n) is 13.5. The van der Waals surface area contributed by atoms with Gasteiger partial charge in [-0.15, -0.1) is 0 Å². The molecule has 1 saturated heterocycles. The van der Waals surface area contributed by atoms with Gasteiger partial charge < -0.3 is 5.11 Å². The SMILES string of the molecule is CS(=O)(=O)N1CCCN(C(C(=O)O)c2ccccc2C(F)(F)F)CC1. The Kier molecular flexibility index (Phi) is 5.75. The predicted molar refractivity (Wildman–Crippen MR) is 84.4 cm³/mol. The van der Waals surface area contributed by atoms with Crippen LogP contribution in [0.1, 0.15) is 23.6 Å². The molecule has 6 nitrogen and oxygen atoms in total. The third-order valence-electron chi connectivity index (χ3n) is 4.12. The number of benzene rings is 1. The summed E-state index contributed by atoms with van der Waals surface area (Å²) in [7, 11) is -3.44. The van der Waals surface area contributed by atoms with Crippen molar-refractivity contribution in [3.63, 3.8) is 0 Å². The fourth-order valence-corrected chi connectivity index (χ4v) is 3.86. The van der Waals surface area contributed by atoms with Crippen molar-refractivity contribution >= 4 is 16.0 Å².